The molecule has 0 fully saturated rings. The van der Waals surface area contributed by atoms with Gasteiger partial charge in [-0.05, 0) is 18.2 Å². The summed E-state index contributed by atoms with van der Waals surface area (Å²) in [5.41, 5.74) is 5.84. The lowest BCUT2D eigenvalue weighted by Gasteiger charge is -2.04. The second-order valence-electron chi connectivity index (χ2n) is 3.89. The standard InChI is InChI=1S/C11H11N5O3/c12-11-14-9(15-16-11)4-13-10(17)6-1-2-7-8(3-6)19-5-18-7/h1-3H,4-5H2,(H,13,17)(H3,12,14,15,16). The lowest BCUT2D eigenvalue weighted by molar-refractivity contribution is 0.0949. The van der Waals surface area contributed by atoms with E-state index in [-0.39, 0.29) is 25.2 Å². The highest BCUT2D eigenvalue weighted by molar-refractivity contribution is 5.94. The highest BCUT2D eigenvalue weighted by atomic mass is 16.7. The zero-order valence-electron chi connectivity index (χ0n) is 9.84. The van der Waals surface area contributed by atoms with E-state index in [2.05, 4.69) is 20.5 Å². The van der Waals surface area contributed by atoms with Crippen LogP contribution in [0.25, 0.3) is 0 Å². The van der Waals surface area contributed by atoms with E-state index in [0.717, 1.165) is 0 Å². The van der Waals surface area contributed by atoms with Crippen molar-refractivity contribution in [3.05, 3.63) is 29.6 Å². The summed E-state index contributed by atoms with van der Waals surface area (Å²) in [5, 5.41) is 8.97. The number of aromatic nitrogens is 3. The fourth-order valence-electron chi connectivity index (χ4n) is 1.69. The van der Waals surface area contributed by atoms with Gasteiger partial charge in [-0.1, -0.05) is 0 Å². The maximum Gasteiger partial charge on any atom is 0.251 e. The monoisotopic (exact) mass is 261 g/mol. The van der Waals surface area contributed by atoms with Crippen molar-refractivity contribution in [1.82, 2.24) is 20.5 Å². The van der Waals surface area contributed by atoms with Gasteiger partial charge < -0.3 is 20.5 Å². The Morgan fingerprint density at radius 2 is 2.26 bits per heavy atom. The predicted octanol–water partition coefficient (Wildman–Crippen LogP) is 0.0456. The number of nitrogen functional groups attached to an aromatic ring is 1. The topological polar surface area (TPSA) is 115 Å². The lowest BCUT2D eigenvalue weighted by atomic mass is 10.2. The quantitative estimate of drug-likeness (QED) is 0.718. The molecule has 8 heteroatoms. The number of hydrogen-bond donors (Lipinski definition) is 3. The number of benzene rings is 1. The van der Waals surface area contributed by atoms with Crippen molar-refractivity contribution < 1.29 is 14.3 Å². The summed E-state index contributed by atoms with van der Waals surface area (Å²) in [6, 6.07) is 4.99. The summed E-state index contributed by atoms with van der Waals surface area (Å²) < 4.78 is 10.4. The number of ether oxygens (including phenoxy) is 2. The number of carbonyl (C=O) groups excluding carboxylic acids is 1. The molecule has 0 saturated carbocycles. The van der Waals surface area contributed by atoms with Crippen LogP contribution in [-0.2, 0) is 6.54 Å². The van der Waals surface area contributed by atoms with Crippen LogP contribution in [0.4, 0.5) is 5.95 Å². The average molecular weight is 261 g/mol. The van der Waals surface area contributed by atoms with Crippen molar-refractivity contribution in [2.45, 2.75) is 6.54 Å². The first-order valence-electron chi connectivity index (χ1n) is 5.57. The van der Waals surface area contributed by atoms with Crippen LogP contribution in [0.2, 0.25) is 0 Å². The molecule has 1 aliphatic rings. The number of nitrogens with one attached hydrogen (secondary N) is 2. The number of carbonyl (C=O) groups is 1. The fourth-order valence-corrected chi connectivity index (χ4v) is 1.69. The largest absolute Gasteiger partial charge is 0.454 e. The number of aromatic amines is 1. The zero-order chi connectivity index (χ0) is 13.2. The SMILES string of the molecule is Nc1n[nH]c(CNC(=O)c2ccc3c(c2)OCO3)n1. The van der Waals surface area contributed by atoms with Crippen LogP contribution in [0.15, 0.2) is 18.2 Å². The Labute approximate surface area is 107 Å². The Kier molecular flexibility index (Phi) is 2.67. The van der Waals surface area contributed by atoms with Gasteiger partial charge in [0.2, 0.25) is 12.7 Å². The Bertz CT molecular complexity index is 625. The molecule has 0 saturated heterocycles. The predicted molar refractivity (Wildman–Crippen MR) is 64.5 cm³/mol. The maximum absolute atomic E-state index is 11.9. The van der Waals surface area contributed by atoms with Crippen molar-refractivity contribution in [1.29, 1.82) is 0 Å². The first-order valence-corrected chi connectivity index (χ1v) is 5.57. The van der Waals surface area contributed by atoms with E-state index >= 15 is 0 Å². The molecule has 0 aliphatic carbocycles. The van der Waals surface area contributed by atoms with Crippen molar-refractivity contribution in [2.24, 2.45) is 0 Å². The highest BCUT2D eigenvalue weighted by Gasteiger charge is 2.16. The van der Waals surface area contributed by atoms with Crippen molar-refractivity contribution in [3.63, 3.8) is 0 Å². The molecular weight excluding hydrogens is 250 g/mol. The molecule has 0 radical (unpaired) electrons. The number of rotatable bonds is 3. The van der Waals surface area contributed by atoms with Crippen molar-refractivity contribution in [3.8, 4) is 11.5 Å². The summed E-state index contributed by atoms with van der Waals surface area (Å²) in [6.07, 6.45) is 0. The van der Waals surface area contributed by atoms with Crippen LogP contribution in [0.1, 0.15) is 16.2 Å². The second-order valence-corrected chi connectivity index (χ2v) is 3.89. The first kappa shape index (κ1) is 11.3. The molecule has 4 N–H and O–H groups in total. The van der Waals surface area contributed by atoms with Gasteiger partial charge in [0.05, 0.1) is 6.54 Å². The number of H-pyrrole nitrogens is 1. The van der Waals surface area contributed by atoms with Crippen LogP contribution in [0.3, 0.4) is 0 Å². The van der Waals surface area contributed by atoms with E-state index in [1.807, 2.05) is 0 Å². The van der Waals surface area contributed by atoms with Gasteiger partial charge in [-0.25, -0.2) is 0 Å². The molecule has 19 heavy (non-hydrogen) atoms. The third kappa shape index (κ3) is 2.28. The number of anilines is 1. The number of fused-ring (bicyclic) bond motifs is 1. The van der Waals surface area contributed by atoms with E-state index in [4.69, 9.17) is 15.2 Å². The Morgan fingerprint density at radius 1 is 1.42 bits per heavy atom. The molecule has 0 spiro atoms. The fraction of sp³-hybridized carbons (Fsp3) is 0.182. The van der Waals surface area contributed by atoms with Crippen molar-refractivity contribution >= 4 is 11.9 Å². The normalized spacial score (nSPS) is 12.4. The van der Waals surface area contributed by atoms with Crippen LogP contribution in [-0.4, -0.2) is 27.9 Å². The van der Waals surface area contributed by atoms with E-state index in [1.54, 1.807) is 18.2 Å². The Balaban J connectivity index is 1.67. The number of nitrogens with zero attached hydrogens (tertiary/aromatic N) is 2. The van der Waals surface area contributed by atoms with Gasteiger partial charge in [0.25, 0.3) is 5.91 Å². The van der Waals surface area contributed by atoms with Gasteiger partial charge in [0.1, 0.15) is 5.82 Å². The molecule has 2 heterocycles. The summed E-state index contributed by atoms with van der Waals surface area (Å²) >= 11 is 0. The van der Waals surface area contributed by atoms with E-state index in [1.165, 1.54) is 0 Å². The second kappa shape index (κ2) is 4.48. The minimum atomic E-state index is -0.242. The lowest BCUT2D eigenvalue weighted by Crippen LogP contribution is -2.23. The molecular formula is C11H11N5O3. The third-order valence-electron chi connectivity index (χ3n) is 2.60. The van der Waals surface area contributed by atoms with Gasteiger partial charge in [0, 0.05) is 5.56 Å². The van der Waals surface area contributed by atoms with Crippen LogP contribution in [0.5, 0.6) is 11.5 Å². The Hall–Kier alpha value is -2.77. The first-order chi connectivity index (χ1) is 9.22. The highest BCUT2D eigenvalue weighted by Crippen LogP contribution is 2.32. The number of amides is 1. The molecule has 3 rings (SSSR count). The van der Waals surface area contributed by atoms with E-state index < -0.39 is 0 Å². The summed E-state index contributed by atoms with van der Waals surface area (Å²) in [4.78, 5) is 15.8. The molecule has 8 nitrogen and oxygen atoms in total. The molecule has 1 aromatic carbocycles. The third-order valence-corrected chi connectivity index (χ3v) is 2.60. The van der Waals surface area contributed by atoms with Crippen LogP contribution < -0.4 is 20.5 Å². The van der Waals surface area contributed by atoms with Crippen molar-refractivity contribution in [2.75, 3.05) is 12.5 Å². The smallest absolute Gasteiger partial charge is 0.251 e. The minimum Gasteiger partial charge on any atom is -0.454 e. The van der Waals surface area contributed by atoms with Crippen LogP contribution >= 0.6 is 0 Å². The van der Waals surface area contributed by atoms with Gasteiger partial charge in [-0.3, -0.25) is 9.89 Å². The molecule has 0 bridgehead atoms. The summed E-state index contributed by atoms with van der Waals surface area (Å²) in [6.45, 7) is 0.398. The van der Waals surface area contributed by atoms with Gasteiger partial charge in [0.15, 0.2) is 11.5 Å². The van der Waals surface area contributed by atoms with Gasteiger partial charge in [-0.2, -0.15) is 4.98 Å². The van der Waals surface area contributed by atoms with Gasteiger partial charge in [-0.15, -0.1) is 5.10 Å². The Morgan fingerprint density at radius 3 is 3.05 bits per heavy atom. The molecule has 98 valence electrons. The van der Waals surface area contributed by atoms with E-state index in [0.29, 0.717) is 22.9 Å². The summed E-state index contributed by atoms with van der Waals surface area (Å²) in [7, 11) is 0. The van der Waals surface area contributed by atoms with Gasteiger partial charge >= 0.3 is 0 Å². The molecule has 0 unspecified atom stereocenters. The maximum atomic E-state index is 11.9. The average Bonchev–Trinajstić information content (AvgIpc) is 3.03. The molecule has 0 atom stereocenters. The van der Waals surface area contributed by atoms with E-state index in [9.17, 15) is 4.79 Å². The number of nitrogens with two attached hydrogens (primary N) is 1. The molecule has 2 aromatic rings. The number of hydrogen-bond acceptors (Lipinski definition) is 6. The molecule has 1 amide bonds. The van der Waals surface area contributed by atoms with Crippen LogP contribution in [0, 0.1) is 0 Å². The minimum absolute atomic E-state index is 0.146. The zero-order valence-corrected chi connectivity index (χ0v) is 9.84. The molecule has 1 aromatic heterocycles. The molecule has 1 aliphatic heterocycles. The summed E-state index contributed by atoms with van der Waals surface area (Å²) in [5.74, 6) is 1.60.